The highest BCUT2D eigenvalue weighted by Gasteiger charge is 2.37. The zero-order chi connectivity index (χ0) is 19.1. The molecule has 0 unspecified atom stereocenters. The Morgan fingerprint density at radius 1 is 0.923 bits per heavy atom. The third kappa shape index (κ3) is 3.53. The van der Waals surface area contributed by atoms with Crippen LogP contribution in [0.5, 0.6) is 0 Å². The summed E-state index contributed by atoms with van der Waals surface area (Å²) in [7, 11) is 0. The van der Waals surface area contributed by atoms with E-state index in [1.807, 2.05) is 0 Å². The molecule has 2 aromatic heterocycles. The summed E-state index contributed by atoms with van der Waals surface area (Å²) in [4.78, 5) is 0. The number of fused-ring (bicyclic) bond motifs is 1. The molecule has 0 fully saturated rings. The summed E-state index contributed by atoms with van der Waals surface area (Å²) in [6, 6.07) is 4.54. The predicted octanol–water partition coefficient (Wildman–Crippen LogP) is 3.91. The molecule has 0 spiro atoms. The molecule has 0 aliphatic heterocycles. The fraction of sp³-hybridized carbons (Fsp3) is 0.214. The molecule has 0 atom stereocenters. The topological polar surface area (TPSA) is 55.1 Å². The Balaban J connectivity index is 1.89. The number of nitrogens with zero attached hydrogens (tertiary/aromatic N) is 4. The van der Waals surface area contributed by atoms with E-state index in [-0.39, 0.29) is 17.0 Å². The summed E-state index contributed by atoms with van der Waals surface area (Å²) in [6.07, 6.45) is -9.58. The van der Waals surface area contributed by atoms with Crippen LogP contribution in [0.4, 0.5) is 36.6 Å². The summed E-state index contributed by atoms with van der Waals surface area (Å²) in [6.45, 7) is -0.433. The summed E-state index contributed by atoms with van der Waals surface area (Å²) >= 11 is 0. The van der Waals surface area contributed by atoms with Crippen LogP contribution < -0.4 is 5.32 Å². The van der Waals surface area contributed by atoms with E-state index in [0.717, 1.165) is 12.1 Å². The number of nitrogens with one attached hydrogen (secondary N) is 1. The summed E-state index contributed by atoms with van der Waals surface area (Å²) in [5.41, 5.74) is -1.66. The third-order valence-electron chi connectivity index (χ3n) is 3.35. The highest BCUT2D eigenvalue weighted by atomic mass is 19.4. The fourth-order valence-corrected chi connectivity index (χ4v) is 2.21. The largest absolute Gasteiger partial charge is 0.453 e. The van der Waals surface area contributed by atoms with Crippen LogP contribution in [0, 0.1) is 5.82 Å². The van der Waals surface area contributed by atoms with Crippen molar-refractivity contribution >= 4 is 11.5 Å². The number of rotatable bonds is 3. The lowest BCUT2D eigenvalue weighted by Crippen LogP contribution is -2.15. The SMILES string of the molecule is Fc1ccc(CNc2ccc3nnc(C(F)(F)F)n3n2)c(C(F)(F)F)c1. The van der Waals surface area contributed by atoms with Crippen molar-refractivity contribution < 1.29 is 30.7 Å². The first-order chi connectivity index (χ1) is 12.1. The number of aromatic nitrogens is 4. The lowest BCUT2D eigenvalue weighted by Gasteiger charge is -2.14. The molecular formula is C14H8F7N5. The van der Waals surface area contributed by atoms with Gasteiger partial charge >= 0.3 is 12.4 Å². The molecule has 1 aromatic carbocycles. The van der Waals surface area contributed by atoms with Crippen LogP contribution in [0.1, 0.15) is 17.0 Å². The monoisotopic (exact) mass is 379 g/mol. The molecule has 2 heterocycles. The Kier molecular flexibility index (Phi) is 4.20. The number of anilines is 1. The normalized spacial score (nSPS) is 12.6. The van der Waals surface area contributed by atoms with Gasteiger partial charge in [0, 0.05) is 6.54 Å². The van der Waals surface area contributed by atoms with Gasteiger partial charge in [0.15, 0.2) is 5.65 Å². The molecule has 3 rings (SSSR count). The van der Waals surface area contributed by atoms with Crippen LogP contribution >= 0.6 is 0 Å². The Bertz CT molecular complexity index is 945. The van der Waals surface area contributed by atoms with E-state index in [1.165, 1.54) is 12.1 Å². The van der Waals surface area contributed by atoms with Gasteiger partial charge in [-0.2, -0.15) is 30.9 Å². The second-order valence-corrected chi connectivity index (χ2v) is 5.16. The van der Waals surface area contributed by atoms with Crippen LogP contribution in [0.3, 0.4) is 0 Å². The smallest absolute Gasteiger partial charge is 0.365 e. The van der Waals surface area contributed by atoms with Crippen molar-refractivity contribution in [1.29, 1.82) is 0 Å². The zero-order valence-corrected chi connectivity index (χ0v) is 12.5. The van der Waals surface area contributed by atoms with E-state index >= 15 is 0 Å². The van der Waals surface area contributed by atoms with Gasteiger partial charge in [0.05, 0.1) is 5.56 Å². The van der Waals surface area contributed by atoms with E-state index in [0.29, 0.717) is 10.6 Å². The second-order valence-electron chi connectivity index (χ2n) is 5.16. The van der Waals surface area contributed by atoms with Crippen molar-refractivity contribution in [1.82, 2.24) is 19.8 Å². The quantitative estimate of drug-likeness (QED) is 0.701. The Morgan fingerprint density at radius 2 is 1.65 bits per heavy atom. The molecule has 0 amide bonds. The molecule has 5 nitrogen and oxygen atoms in total. The Hall–Kier alpha value is -2.92. The highest BCUT2D eigenvalue weighted by molar-refractivity contribution is 5.45. The first-order valence-corrected chi connectivity index (χ1v) is 6.95. The molecule has 0 bridgehead atoms. The van der Waals surface area contributed by atoms with Crippen molar-refractivity contribution in [3.8, 4) is 0 Å². The number of halogens is 7. The first-order valence-electron chi connectivity index (χ1n) is 6.95. The van der Waals surface area contributed by atoms with Crippen molar-refractivity contribution in [2.75, 3.05) is 5.32 Å². The number of benzene rings is 1. The summed E-state index contributed by atoms with van der Waals surface area (Å²) < 4.78 is 90.8. The maximum atomic E-state index is 13.1. The van der Waals surface area contributed by atoms with E-state index in [1.54, 1.807) is 0 Å². The maximum Gasteiger partial charge on any atom is 0.453 e. The number of hydrogen-bond acceptors (Lipinski definition) is 4. The van der Waals surface area contributed by atoms with Gasteiger partial charge in [0.1, 0.15) is 11.6 Å². The number of hydrogen-bond donors (Lipinski definition) is 1. The van der Waals surface area contributed by atoms with Crippen LogP contribution in [-0.2, 0) is 18.9 Å². The molecule has 1 N–H and O–H groups in total. The predicted molar refractivity (Wildman–Crippen MR) is 74.5 cm³/mol. The minimum Gasteiger partial charge on any atom is -0.365 e. The van der Waals surface area contributed by atoms with Crippen molar-refractivity contribution in [2.45, 2.75) is 18.9 Å². The molecule has 0 saturated heterocycles. The molecule has 3 aromatic rings. The molecule has 12 heteroatoms. The lowest BCUT2D eigenvalue weighted by atomic mass is 10.1. The van der Waals surface area contributed by atoms with Gasteiger partial charge in [-0.1, -0.05) is 6.07 Å². The molecule has 26 heavy (non-hydrogen) atoms. The highest BCUT2D eigenvalue weighted by Crippen LogP contribution is 2.33. The average molecular weight is 379 g/mol. The van der Waals surface area contributed by atoms with Crippen molar-refractivity contribution in [3.63, 3.8) is 0 Å². The molecule has 0 aliphatic rings. The second kappa shape index (κ2) is 6.11. The zero-order valence-electron chi connectivity index (χ0n) is 12.5. The average Bonchev–Trinajstić information content (AvgIpc) is 2.96. The minimum atomic E-state index is -4.80. The molecular weight excluding hydrogens is 371 g/mol. The Labute approximate surface area is 140 Å². The maximum absolute atomic E-state index is 13.1. The van der Waals surface area contributed by atoms with E-state index < -0.39 is 36.1 Å². The van der Waals surface area contributed by atoms with E-state index in [2.05, 4.69) is 20.6 Å². The van der Waals surface area contributed by atoms with Gasteiger partial charge in [-0.15, -0.1) is 15.3 Å². The van der Waals surface area contributed by atoms with Crippen molar-refractivity contribution in [3.05, 3.63) is 53.1 Å². The van der Waals surface area contributed by atoms with Crippen LogP contribution in [0.15, 0.2) is 30.3 Å². The summed E-state index contributed by atoms with van der Waals surface area (Å²) in [5.74, 6) is -2.56. The van der Waals surface area contributed by atoms with Gasteiger partial charge in [-0.05, 0) is 29.8 Å². The minimum absolute atomic E-state index is 0.139. The lowest BCUT2D eigenvalue weighted by molar-refractivity contribution is -0.146. The first kappa shape index (κ1) is 17.9. The number of alkyl halides is 6. The summed E-state index contributed by atoms with van der Waals surface area (Å²) in [5, 5.41) is 12.4. The van der Waals surface area contributed by atoms with Crippen LogP contribution in [0.2, 0.25) is 0 Å². The van der Waals surface area contributed by atoms with Crippen LogP contribution in [0.25, 0.3) is 5.65 Å². The molecule has 0 radical (unpaired) electrons. The standard InChI is InChI=1S/C14H8F7N5/c15-8-2-1-7(9(5-8)13(16,17)18)6-22-10-3-4-11-23-24-12(14(19,20)21)26(11)25-10/h1-5H,6H2,(H,22,25). The van der Waals surface area contributed by atoms with Gasteiger partial charge in [-0.3, -0.25) is 0 Å². The van der Waals surface area contributed by atoms with Gasteiger partial charge in [-0.25, -0.2) is 4.39 Å². The molecule has 0 aliphatic carbocycles. The fourth-order valence-electron chi connectivity index (χ4n) is 2.21. The van der Waals surface area contributed by atoms with Crippen LogP contribution in [-0.4, -0.2) is 19.8 Å². The molecule has 0 saturated carbocycles. The van der Waals surface area contributed by atoms with E-state index in [4.69, 9.17) is 0 Å². The van der Waals surface area contributed by atoms with E-state index in [9.17, 15) is 30.7 Å². The molecule has 138 valence electrons. The van der Waals surface area contributed by atoms with Crippen molar-refractivity contribution in [2.24, 2.45) is 0 Å². The van der Waals surface area contributed by atoms with Gasteiger partial charge < -0.3 is 5.32 Å². The Morgan fingerprint density at radius 3 is 2.31 bits per heavy atom. The third-order valence-corrected chi connectivity index (χ3v) is 3.35. The van der Waals surface area contributed by atoms with Gasteiger partial charge in [0.25, 0.3) is 5.82 Å². The van der Waals surface area contributed by atoms with Gasteiger partial charge in [0.2, 0.25) is 0 Å².